The molecular weight excluding hydrogens is 270 g/mol. The van der Waals surface area contributed by atoms with Gasteiger partial charge in [-0.05, 0) is 38.1 Å². The van der Waals surface area contributed by atoms with Crippen molar-refractivity contribution in [1.82, 2.24) is 5.32 Å². The molecule has 0 aromatic heterocycles. The summed E-state index contributed by atoms with van der Waals surface area (Å²) in [5.41, 5.74) is 1.17. The molecule has 0 saturated heterocycles. The first-order chi connectivity index (χ1) is 9.55. The van der Waals surface area contributed by atoms with Crippen molar-refractivity contribution in [2.45, 2.75) is 18.9 Å². The Hall–Kier alpha value is -1.64. The van der Waals surface area contributed by atoms with Crippen LogP contribution in [0.2, 0.25) is 5.02 Å². The second-order valence-electron chi connectivity index (χ2n) is 5.08. The summed E-state index contributed by atoms with van der Waals surface area (Å²) in [5, 5.41) is 3.86. The zero-order valence-electron chi connectivity index (χ0n) is 11.7. The number of hydrogen-bond acceptors (Lipinski definition) is 2. The van der Waals surface area contributed by atoms with E-state index < -0.39 is 5.54 Å². The fourth-order valence-electron chi connectivity index (χ4n) is 2.20. The van der Waals surface area contributed by atoms with Crippen LogP contribution >= 0.6 is 11.6 Å². The van der Waals surface area contributed by atoms with Crippen molar-refractivity contribution in [3.8, 4) is 0 Å². The number of rotatable bonds is 5. The molecule has 0 radical (unpaired) electrons. The van der Waals surface area contributed by atoms with Crippen LogP contribution in [0.4, 0.5) is 0 Å². The van der Waals surface area contributed by atoms with Gasteiger partial charge in [-0.2, -0.15) is 0 Å². The Morgan fingerprint density at radius 3 is 2.25 bits per heavy atom. The van der Waals surface area contributed by atoms with Crippen LogP contribution in [0.15, 0.2) is 54.6 Å². The minimum atomic E-state index is -0.630. The van der Waals surface area contributed by atoms with Crippen molar-refractivity contribution in [1.29, 1.82) is 0 Å². The fourth-order valence-corrected chi connectivity index (χ4v) is 2.33. The molecule has 2 nitrogen and oxygen atoms in total. The summed E-state index contributed by atoms with van der Waals surface area (Å²) in [7, 11) is 1.82. The zero-order valence-corrected chi connectivity index (χ0v) is 12.4. The van der Waals surface area contributed by atoms with Gasteiger partial charge in [0.2, 0.25) is 0 Å². The molecule has 1 atom stereocenters. The largest absolute Gasteiger partial charge is 0.308 e. The van der Waals surface area contributed by atoms with E-state index in [0.29, 0.717) is 11.4 Å². The minimum absolute atomic E-state index is 0.0931. The second kappa shape index (κ2) is 6.21. The summed E-state index contributed by atoms with van der Waals surface area (Å²) in [6.45, 7) is 1.93. The number of nitrogens with one attached hydrogen (secondary N) is 1. The maximum Gasteiger partial charge on any atom is 0.182 e. The van der Waals surface area contributed by atoms with Gasteiger partial charge >= 0.3 is 0 Å². The molecule has 1 unspecified atom stereocenters. The molecule has 0 fully saturated rings. The molecule has 2 aromatic rings. The maximum absolute atomic E-state index is 12.7. The molecule has 0 amide bonds. The molecule has 0 aliphatic carbocycles. The van der Waals surface area contributed by atoms with E-state index in [1.54, 1.807) is 0 Å². The van der Waals surface area contributed by atoms with E-state index in [0.717, 1.165) is 11.1 Å². The van der Waals surface area contributed by atoms with E-state index >= 15 is 0 Å². The lowest BCUT2D eigenvalue weighted by atomic mass is 9.85. The SMILES string of the molecule is CNC(C)(Cc1ccc(Cl)cc1)C(=O)c1ccccc1. The predicted molar refractivity (Wildman–Crippen MR) is 83.4 cm³/mol. The highest BCUT2D eigenvalue weighted by Crippen LogP contribution is 2.20. The van der Waals surface area contributed by atoms with E-state index in [-0.39, 0.29) is 5.78 Å². The first kappa shape index (κ1) is 14.8. The molecule has 0 saturated carbocycles. The highest BCUT2D eigenvalue weighted by Gasteiger charge is 2.32. The number of Topliss-reactive ketones (excluding diaryl/α,β-unsaturated/α-hetero) is 1. The zero-order chi connectivity index (χ0) is 14.6. The Morgan fingerprint density at radius 1 is 1.10 bits per heavy atom. The highest BCUT2D eigenvalue weighted by molar-refractivity contribution is 6.30. The Balaban J connectivity index is 2.25. The van der Waals surface area contributed by atoms with Crippen LogP contribution in [0.3, 0.4) is 0 Å². The molecule has 0 heterocycles. The number of ketones is 1. The van der Waals surface area contributed by atoms with Gasteiger partial charge in [0.25, 0.3) is 0 Å². The summed E-state index contributed by atoms with van der Waals surface area (Å²) in [6, 6.07) is 17.0. The third kappa shape index (κ3) is 3.27. The second-order valence-corrected chi connectivity index (χ2v) is 5.52. The van der Waals surface area contributed by atoms with E-state index in [2.05, 4.69) is 5.32 Å². The highest BCUT2D eigenvalue weighted by atomic mass is 35.5. The number of carbonyl (C=O) groups is 1. The van der Waals surface area contributed by atoms with E-state index in [1.165, 1.54) is 0 Å². The average molecular weight is 288 g/mol. The van der Waals surface area contributed by atoms with Crippen LogP contribution < -0.4 is 5.32 Å². The van der Waals surface area contributed by atoms with Crippen LogP contribution in [0.5, 0.6) is 0 Å². The van der Waals surface area contributed by atoms with Crippen molar-refractivity contribution < 1.29 is 4.79 Å². The van der Waals surface area contributed by atoms with Crippen LogP contribution in [-0.4, -0.2) is 18.4 Å². The first-order valence-electron chi connectivity index (χ1n) is 6.58. The van der Waals surface area contributed by atoms with Crippen LogP contribution in [0.25, 0.3) is 0 Å². The molecule has 0 aliphatic heterocycles. The number of likely N-dealkylation sites (N-methyl/N-ethyl adjacent to an activating group) is 1. The van der Waals surface area contributed by atoms with Crippen LogP contribution in [-0.2, 0) is 6.42 Å². The summed E-state index contributed by atoms with van der Waals surface area (Å²) >= 11 is 5.89. The van der Waals surface area contributed by atoms with Gasteiger partial charge in [0, 0.05) is 10.6 Å². The number of benzene rings is 2. The summed E-state index contributed by atoms with van der Waals surface area (Å²) < 4.78 is 0. The summed E-state index contributed by atoms with van der Waals surface area (Å²) in [6.07, 6.45) is 0.619. The van der Waals surface area contributed by atoms with Gasteiger partial charge in [-0.3, -0.25) is 4.79 Å². The molecule has 3 heteroatoms. The maximum atomic E-state index is 12.7. The van der Waals surface area contributed by atoms with Crippen molar-refractivity contribution in [2.75, 3.05) is 7.05 Å². The molecule has 2 rings (SSSR count). The first-order valence-corrected chi connectivity index (χ1v) is 6.96. The molecular formula is C17H18ClNO. The Bertz CT molecular complexity index is 580. The van der Waals surface area contributed by atoms with E-state index in [9.17, 15) is 4.79 Å². The van der Waals surface area contributed by atoms with Gasteiger partial charge in [0.15, 0.2) is 5.78 Å². The predicted octanol–water partition coefficient (Wildman–Crippen LogP) is 3.74. The van der Waals surface area contributed by atoms with Crippen LogP contribution in [0.1, 0.15) is 22.8 Å². The molecule has 0 spiro atoms. The van der Waals surface area contributed by atoms with Crippen LogP contribution in [0, 0.1) is 0 Å². The third-order valence-corrected chi connectivity index (χ3v) is 3.81. The topological polar surface area (TPSA) is 29.1 Å². The van der Waals surface area contributed by atoms with E-state index in [4.69, 9.17) is 11.6 Å². The summed E-state index contributed by atoms with van der Waals surface area (Å²) in [5.74, 6) is 0.0931. The average Bonchev–Trinajstić information content (AvgIpc) is 2.49. The standard InChI is InChI=1S/C17H18ClNO/c1-17(19-2,12-13-8-10-15(18)11-9-13)16(20)14-6-4-3-5-7-14/h3-11,19H,12H2,1-2H3. The molecule has 0 bridgehead atoms. The monoisotopic (exact) mass is 287 g/mol. The fraction of sp³-hybridized carbons (Fsp3) is 0.235. The van der Waals surface area contributed by atoms with Gasteiger partial charge in [-0.25, -0.2) is 0 Å². The van der Waals surface area contributed by atoms with Crippen molar-refractivity contribution in [2.24, 2.45) is 0 Å². The van der Waals surface area contributed by atoms with Gasteiger partial charge in [0.1, 0.15) is 0 Å². The Kier molecular flexibility index (Phi) is 4.58. The smallest absolute Gasteiger partial charge is 0.182 e. The minimum Gasteiger partial charge on any atom is -0.308 e. The number of halogens is 1. The van der Waals surface area contributed by atoms with Gasteiger partial charge in [-0.15, -0.1) is 0 Å². The van der Waals surface area contributed by atoms with Crippen molar-refractivity contribution >= 4 is 17.4 Å². The molecule has 2 aromatic carbocycles. The Morgan fingerprint density at radius 2 is 1.70 bits per heavy atom. The number of carbonyl (C=O) groups excluding carboxylic acids is 1. The quantitative estimate of drug-likeness (QED) is 0.849. The van der Waals surface area contributed by atoms with Gasteiger partial charge < -0.3 is 5.32 Å². The van der Waals surface area contributed by atoms with Gasteiger partial charge in [-0.1, -0.05) is 54.1 Å². The van der Waals surface area contributed by atoms with Crippen molar-refractivity contribution in [3.63, 3.8) is 0 Å². The lowest BCUT2D eigenvalue weighted by molar-refractivity contribution is 0.0873. The van der Waals surface area contributed by atoms with Crippen molar-refractivity contribution in [3.05, 3.63) is 70.7 Å². The third-order valence-electron chi connectivity index (χ3n) is 3.56. The number of hydrogen-bond donors (Lipinski definition) is 1. The molecule has 0 aliphatic rings. The lowest BCUT2D eigenvalue weighted by Crippen LogP contribution is -2.49. The molecule has 1 N–H and O–H groups in total. The van der Waals surface area contributed by atoms with Gasteiger partial charge in [0.05, 0.1) is 5.54 Å². The molecule has 104 valence electrons. The van der Waals surface area contributed by atoms with E-state index in [1.807, 2.05) is 68.6 Å². The lowest BCUT2D eigenvalue weighted by Gasteiger charge is -2.28. The Labute approximate surface area is 124 Å². The molecule has 20 heavy (non-hydrogen) atoms. The summed E-state index contributed by atoms with van der Waals surface area (Å²) in [4.78, 5) is 12.7. The normalized spacial score (nSPS) is 13.8.